The first-order valence-electron chi connectivity index (χ1n) is 8.31. The highest BCUT2D eigenvalue weighted by molar-refractivity contribution is 5.97. The zero-order chi connectivity index (χ0) is 18.6. The van der Waals surface area contributed by atoms with Crippen LogP contribution in [0, 0.1) is 0 Å². The van der Waals surface area contributed by atoms with Crippen LogP contribution >= 0.6 is 0 Å². The summed E-state index contributed by atoms with van der Waals surface area (Å²) in [6.45, 7) is 0.0343. The van der Waals surface area contributed by atoms with Gasteiger partial charge in [0.25, 0.3) is 5.91 Å². The van der Waals surface area contributed by atoms with E-state index in [1.807, 2.05) is 50.0 Å². The molecule has 0 unspecified atom stereocenters. The first-order valence-corrected chi connectivity index (χ1v) is 8.31. The summed E-state index contributed by atoms with van der Waals surface area (Å²) in [5.41, 5.74) is 4.13. The Bertz CT molecular complexity index is 1040. The Kier molecular flexibility index (Phi) is 3.45. The molecule has 26 heavy (non-hydrogen) atoms. The number of carbonyl (C=O) groups is 1. The zero-order valence-electron chi connectivity index (χ0n) is 15.2. The second-order valence-corrected chi connectivity index (χ2v) is 7.03. The van der Waals surface area contributed by atoms with Crippen LogP contribution in [-0.2, 0) is 11.8 Å². The number of rotatable bonds is 2. The van der Waals surface area contributed by atoms with Gasteiger partial charge in [0.2, 0.25) is 0 Å². The standard InChI is InChI=1S/C19H20N4O3/c1-21-11-20-13-8-17(24)16(9-15(13)21)23(3,4)12-5-6-14-18(7-12)26-10-19(25)22(14)2/h5-9,11H,10H2,1-4H3/p+1. The average molecular weight is 353 g/mol. The largest absolute Gasteiger partial charge is 0.503 e. The number of nitrogens with zero attached hydrogens (tertiary/aromatic N) is 4. The van der Waals surface area contributed by atoms with Gasteiger partial charge in [-0.15, -0.1) is 0 Å². The Morgan fingerprint density at radius 3 is 2.73 bits per heavy atom. The van der Waals surface area contributed by atoms with Crippen molar-refractivity contribution in [3.05, 3.63) is 36.7 Å². The van der Waals surface area contributed by atoms with Crippen LogP contribution in [0.5, 0.6) is 11.5 Å². The highest BCUT2D eigenvalue weighted by atomic mass is 16.5. The van der Waals surface area contributed by atoms with E-state index < -0.39 is 0 Å². The van der Waals surface area contributed by atoms with E-state index in [4.69, 9.17) is 4.74 Å². The maximum Gasteiger partial charge on any atom is 0.264 e. The van der Waals surface area contributed by atoms with E-state index in [0.29, 0.717) is 10.2 Å². The smallest absolute Gasteiger partial charge is 0.264 e. The maximum atomic E-state index is 11.8. The molecular formula is C19H21N4O3+. The quantitative estimate of drug-likeness (QED) is 0.719. The molecule has 0 saturated heterocycles. The van der Waals surface area contributed by atoms with Crippen LogP contribution in [0.25, 0.3) is 11.0 Å². The first kappa shape index (κ1) is 16.4. The van der Waals surface area contributed by atoms with E-state index in [1.54, 1.807) is 24.3 Å². The number of phenols is 1. The van der Waals surface area contributed by atoms with Crippen molar-refractivity contribution in [3.8, 4) is 11.5 Å². The lowest BCUT2D eigenvalue weighted by Gasteiger charge is -2.32. The minimum Gasteiger partial charge on any atom is -0.503 e. The van der Waals surface area contributed by atoms with Crippen molar-refractivity contribution in [1.82, 2.24) is 14.0 Å². The summed E-state index contributed by atoms with van der Waals surface area (Å²) >= 11 is 0. The van der Waals surface area contributed by atoms with Gasteiger partial charge in [-0.25, -0.2) is 4.98 Å². The Labute approximate surface area is 151 Å². The van der Waals surface area contributed by atoms with Crippen LogP contribution in [0.15, 0.2) is 36.7 Å². The molecule has 1 aliphatic rings. The number of ether oxygens (including phenoxy) is 1. The van der Waals surface area contributed by atoms with Crippen molar-refractivity contribution in [1.29, 1.82) is 0 Å². The molecule has 7 nitrogen and oxygen atoms in total. The minimum absolute atomic E-state index is 0.0343. The fourth-order valence-electron chi connectivity index (χ4n) is 3.35. The van der Waals surface area contributed by atoms with Gasteiger partial charge < -0.3 is 19.3 Å². The van der Waals surface area contributed by atoms with Crippen LogP contribution in [0.2, 0.25) is 0 Å². The molecule has 0 aliphatic carbocycles. The summed E-state index contributed by atoms with van der Waals surface area (Å²) in [4.78, 5) is 17.7. The number of aromatic nitrogens is 2. The molecule has 4 rings (SSSR count). The molecule has 0 fully saturated rings. The minimum atomic E-state index is -0.0710. The molecule has 2 heterocycles. The van der Waals surface area contributed by atoms with Gasteiger partial charge in [0.1, 0.15) is 11.4 Å². The Morgan fingerprint density at radius 1 is 1.19 bits per heavy atom. The highest BCUT2D eigenvalue weighted by Gasteiger charge is 2.30. The highest BCUT2D eigenvalue weighted by Crippen LogP contribution is 2.43. The number of quaternary nitrogens is 1. The number of hydrogen-bond donors (Lipinski definition) is 1. The Balaban J connectivity index is 1.83. The summed E-state index contributed by atoms with van der Waals surface area (Å²) in [5, 5.41) is 10.6. The number of fused-ring (bicyclic) bond motifs is 2. The summed E-state index contributed by atoms with van der Waals surface area (Å²) in [7, 11) is 7.66. The second kappa shape index (κ2) is 5.47. The molecule has 0 saturated carbocycles. The van der Waals surface area contributed by atoms with Gasteiger partial charge in [-0.3, -0.25) is 9.28 Å². The van der Waals surface area contributed by atoms with Crippen molar-refractivity contribution in [2.45, 2.75) is 0 Å². The molecule has 1 N–H and O–H groups in total. The molecule has 0 radical (unpaired) electrons. The van der Waals surface area contributed by atoms with E-state index in [9.17, 15) is 9.90 Å². The van der Waals surface area contributed by atoms with Gasteiger partial charge in [0.05, 0.1) is 37.1 Å². The van der Waals surface area contributed by atoms with Gasteiger partial charge in [-0.2, -0.15) is 0 Å². The Hall–Kier alpha value is -3.06. The van der Waals surface area contributed by atoms with Crippen molar-refractivity contribution in [2.24, 2.45) is 7.05 Å². The van der Waals surface area contributed by atoms with Crippen LogP contribution < -0.4 is 14.1 Å². The number of anilines is 1. The van der Waals surface area contributed by atoms with Crippen LogP contribution in [0.4, 0.5) is 17.1 Å². The molecule has 0 atom stereocenters. The topological polar surface area (TPSA) is 67.6 Å². The lowest BCUT2D eigenvalue weighted by molar-refractivity contribution is -0.120. The number of amides is 1. The second-order valence-electron chi connectivity index (χ2n) is 7.03. The predicted molar refractivity (Wildman–Crippen MR) is 101 cm³/mol. The normalized spacial score (nSPS) is 14.5. The molecule has 1 amide bonds. The molecule has 7 heteroatoms. The summed E-state index contributed by atoms with van der Waals surface area (Å²) in [6, 6.07) is 9.39. The van der Waals surface area contributed by atoms with E-state index >= 15 is 0 Å². The van der Waals surface area contributed by atoms with Gasteiger partial charge in [-0.05, 0) is 6.07 Å². The predicted octanol–water partition coefficient (Wildman–Crippen LogP) is 2.53. The number of imidazole rings is 1. The molecule has 0 spiro atoms. The number of aromatic hydroxyl groups is 1. The fraction of sp³-hybridized carbons (Fsp3) is 0.263. The Morgan fingerprint density at radius 2 is 1.96 bits per heavy atom. The maximum absolute atomic E-state index is 11.8. The first-order chi connectivity index (χ1) is 12.3. The summed E-state index contributed by atoms with van der Waals surface area (Å²) in [5.74, 6) is 0.780. The SMILES string of the molecule is CN1C(=O)COc2cc([N+](C)(C)c3cc4c(cc3O)ncn4C)ccc21. The van der Waals surface area contributed by atoms with Crippen LogP contribution in [0.1, 0.15) is 0 Å². The molecule has 1 aromatic heterocycles. The molecule has 3 aromatic rings. The van der Waals surface area contributed by atoms with Gasteiger partial charge >= 0.3 is 0 Å². The van der Waals surface area contributed by atoms with E-state index in [2.05, 4.69) is 4.98 Å². The van der Waals surface area contributed by atoms with Crippen molar-refractivity contribution in [2.75, 3.05) is 32.6 Å². The van der Waals surface area contributed by atoms with Crippen LogP contribution in [-0.4, -0.2) is 48.3 Å². The molecule has 0 bridgehead atoms. The lowest BCUT2D eigenvalue weighted by atomic mass is 10.1. The summed E-state index contributed by atoms with van der Waals surface area (Å²) in [6.07, 6.45) is 1.73. The third kappa shape index (κ3) is 2.32. The third-order valence-electron chi connectivity index (χ3n) is 5.10. The molecule has 1 aliphatic heterocycles. The van der Waals surface area contributed by atoms with E-state index in [0.717, 1.165) is 28.1 Å². The molecule has 134 valence electrons. The number of likely N-dealkylation sites (N-methyl/N-ethyl adjacent to an activating group) is 1. The number of aryl methyl sites for hydroxylation is 1. The number of carbonyl (C=O) groups excluding carboxylic acids is 1. The third-order valence-corrected chi connectivity index (χ3v) is 5.10. The van der Waals surface area contributed by atoms with Gasteiger partial charge in [0.15, 0.2) is 18.0 Å². The van der Waals surface area contributed by atoms with Crippen molar-refractivity contribution >= 4 is 34.0 Å². The average Bonchev–Trinajstić information content (AvgIpc) is 2.97. The summed E-state index contributed by atoms with van der Waals surface area (Å²) < 4.78 is 7.85. The van der Waals surface area contributed by atoms with Gasteiger partial charge in [0, 0.05) is 38.4 Å². The number of phenolic OH excluding ortho intramolecular Hbond substituents is 1. The monoisotopic (exact) mass is 353 g/mol. The van der Waals surface area contributed by atoms with E-state index in [-0.39, 0.29) is 18.3 Å². The molecular weight excluding hydrogens is 332 g/mol. The number of hydrogen-bond acceptors (Lipinski definition) is 4. The van der Waals surface area contributed by atoms with Crippen molar-refractivity contribution in [3.63, 3.8) is 0 Å². The molecule has 2 aromatic carbocycles. The van der Waals surface area contributed by atoms with Gasteiger partial charge in [-0.1, -0.05) is 0 Å². The fourth-order valence-corrected chi connectivity index (χ4v) is 3.35. The lowest BCUT2D eigenvalue weighted by Crippen LogP contribution is -2.37. The zero-order valence-corrected chi connectivity index (χ0v) is 15.2. The number of benzene rings is 2. The van der Waals surface area contributed by atoms with Crippen molar-refractivity contribution < 1.29 is 14.6 Å². The van der Waals surface area contributed by atoms with E-state index in [1.165, 1.54) is 0 Å². The van der Waals surface area contributed by atoms with Crippen LogP contribution in [0.3, 0.4) is 0 Å².